The third kappa shape index (κ3) is 7.86. The van der Waals surface area contributed by atoms with Crippen LogP contribution < -0.4 is 21.1 Å². The van der Waals surface area contributed by atoms with Crippen molar-refractivity contribution in [2.24, 2.45) is 10.7 Å². The van der Waals surface area contributed by atoms with Crippen LogP contribution in [0.5, 0.6) is 5.75 Å². The summed E-state index contributed by atoms with van der Waals surface area (Å²) in [6, 6.07) is 14.8. The summed E-state index contributed by atoms with van der Waals surface area (Å²) in [5, 5.41) is 5.97. The van der Waals surface area contributed by atoms with E-state index in [2.05, 4.69) is 15.6 Å². The third-order valence-electron chi connectivity index (χ3n) is 3.45. The minimum Gasteiger partial charge on any atom is -0.497 e. The van der Waals surface area contributed by atoms with E-state index in [1.54, 1.807) is 13.2 Å². The lowest BCUT2D eigenvalue weighted by molar-refractivity contribution is 0.0919. The number of hydrogen-bond acceptors (Lipinski definition) is 3. The summed E-state index contributed by atoms with van der Waals surface area (Å²) in [4.78, 5) is 16.6. The van der Waals surface area contributed by atoms with Gasteiger partial charge in [-0.1, -0.05) is 18.2 Å². The van der Waals surface area contributed by atoms with Crippen molar-refractivity contribution < 1.29 is 9.53 Å². The Morgan fingerprint density at radius 1 is 1.15 bits per heavy atom. The number of guanidine groups is 1. The van der Waals surface area contributed by atoms with Gasteiger partial charge < -0.3 is 21.1 Å². The second kappa shape index (κ2) is 10.1. The molecule has 0 saturated heterocycles. The first-order chi connectivity index (χ1) is 12.3. The molecule has 2 rings (SSSR count). The van der Waals surface area contributed by atoms with E-state index in [9.17, 15) is 4.79 Å². The third-order valence-corrected chi connectivity index (χ3v) is 3.45. The van der Waals surface area contributed by atoms with Crippen molar-refractivity contribution in [2.75, 3.05) is 12.4 Å². The molecule has 2 aromatic carbocycles. The molecule has 0 fully saturated rings. The van der Waals surface area contributed by atoms with Gasteiger partial charge >= 0.3 is 0 Å². The fraction of sp³-hybridized carbons (Fsp3) is 0.300. The van der Waals surface area contributed by atoms with Gasteiger partial charge in [-0.2, -0.15) is 0 Å². The standard InChI is InChI=1S/C20H26N4O2.HI/c1-20(2,3)24-18(25)15-8-5-7-14(11-15)13-22-19(21)23-16-9-6-10-17(12-16)26-4;/h5-12H,13H2,1-4H3,(H,24,25)(H3,21,22,23);1H. The summed E-state index contributed by atoms with van der Waals surface area (Å²) < 4.78 is 5.18. The molecule has 0 bridgehead atoms. The monoisotopic (exact) mass is 482 g/mol. The Hall–Kier alpha value is -2.29. The highest BCUT2D eigenvalue weighted by Crippen LogP contribution is 2.16. The molecule has 1 amide bonds. The van der Waals surface area contributed by atoms with Crippen molar-refractivity contribution in [3.05, 3.63) is 59.7 Å². The minimum atomic E-state index is -0.281. The van der Waals surface area contributed by atoms with Crippen LogP contribution in [0.3, 0.4) is 0 Å². The van der Waals surface area contributed by atoms with Crippen molar-refractivity contribution in [3.8, 4) is 5.75 Å². The second-order valence-electron chi connectivity index (χ2n) is 6.96. The fourth-order valence-electron chi connectivity index (χ4n) is 2.29. The number of nitrogens with zero attached hydrogens (tertiary/aromatic N) is 1. The summed E-state index contributed by atoms with van der Waals surface area (Å²) in [6.45, 7) is 6.22. The van der Waals surface area contributed by atoms with Crippen LogP contribution in [0.4, 0.5) is 5.69 Å². The number of carbonyl (C=O) groups is 1. The molecule has 0 aliphatic heterocycles. The van der Waals surface area contributed by atoms with Gasteiger partial charge in [-0.15, -0.1) is 24.0 Å². The Bertz CT molecular complexity index is 801. The van der Waals surface area contributed by atoms with Gasteiger partial charge in [0.1, 0.15) is 5.75 Å². The molecule has 0 spiro atoms. The Labute approximate surface area is 177 Å². The van der Waals surface area contributed by atoms with Crippen molar-refractivity contribution in [3.63, 3.8) is 0 Å². The predicted octanol–water partition coefficient (Wildman–Crippen LogP) is 3.77. The van der Waals surface area contributed by atoms with Crippen LogP contribution in [0.1, 0.15) is 36.7 Å². The molecule has 0 heterocycles. The van der Waals surface area contributed by atoms with E-state index < -0.39 is 0 Å². The van der Waals surface area contributed by atoms with E-state index >= 15 is 0 Å². The maximum Gasteiger partial charge on any atom is 0.251 e. The maximum atomic E-state index is 12.3. The quantitative estimate of drug-likeness (QED) is 0.344. The zero-order chi connectivity index (χ0) is 19.2. The van der Waals surface area contributed by atoms with Gasteiger partial charge in [-0.3, -0.25) is 4.79 Å². The van der Waals surface area contributed by atoms with Crippen LogP contribution in [0.25, 0.3) is 0 Å². The number of benzene rings is 2. The summed E-state index contributed by atoms with van der Waals surface area (Å²) >= 11 is 0. The van der Waals surface area contributed by atoms with E-state index in [0.717, 1.165) is 17.0 Å². The molecular weight excluding hydrogens is 455 g/mol. The van der Waals surface area contributed by atoms with Gasteiger partial charge in [0, 0.05) is 22.9 Å². The number of anilines is 1. The smallest absolute Gasteiger partial charge is 0.251 e. The largest absolute Gasteiger partial charge is 0.497 e. The lowest BCUT2D eigenvalue weighted by atomic mass is 10.1. The lowest BCUT2D eigenvalue weighted by Crippen LogP contribution is -2.40. The number of methoxy groups -OCH3 is 1. The summed E-state index contributed by atoms with van der Waals surface area (Å²) in [7, 11) is 1.61. The van der Waals surface area contributed by atoms with E-state index in [4.69, 9.17) is 10.5 Å². The molecule has 0 atom stereocenters. The number of halogens is 1. The molecule has 27 heavy (non-hydrogen) atoms. The Morgan fingerprint density at radius 3 is 2.52 bits per heavy atom. The molecule has 7 heteroatoms. The van der Waals surface area contributed by atoms with E-state index in [0.29, 0.717) is 18.1 Å². The summed E-state index contributed by atoms with van der Waals surface area (Å²) in [5.41, 5.74) is 7.97. The number of rotatable bonds is 5. The minimum absolute atomic E-state index is 0. The topological polar surface area (TPSA) is 88.7 Å². The van der Waals surface area contributed by atoms with Gasteiger partial charge in [-0.05, 0) is 50.6 Å². The first-order valence-electron chi connectivity index (χ1n) is 8.39. The van der Waals surface area contributed by atoms with E-state index in [-0.39, 0.29) is 35.4 Å². The van der Waals surface area contributed by atoms with Crippen LogP contribution in [0, 0.1) is 0 Å². The average Bonchev–Trinajstić information content (AvgIpc) is 2.59. The van der Waals surface area contributed by atoms with Gasteiger partial charge in [0.15, 0.2) is 5.96 Å². The first kappa shape index (κ1) is 22.8. The number of carbonyl (C=O) groups excluding carboxylic acids is 1. The zero-order valence-corrected chi connectivity index (χ0v) is 18.4. The average molecular weight is 482 g/mol. The van der Waals surface area contributed by atoms with Crippen molar-refractivity contribution in [2.45, 2.75) is 32.9 Å². The van der Waals surface area contributed by atoms with E-state index in [1.165, 1.54) is 0 Å². The van der Waals surface area contributed by atoms with Gasteiger partial charge in [0.25, 0.3) is 5.91 Å². The molecule has 0 radical (unpaired) electrons. The van der Waals surface area contributed by atoms with Gasteiger partial charge in [0.05, 0.1) is 13.7 Å². The number of nitrogens with one attached hydrogen (secondary N) is 2. The van der Waals surface area contributed by atoms with Crippen molar-refractivity contribution >= 4 is 41.5 Å². The first-order valence-corrected chi connectivity index (χ1v) is 8.39. The summed E-state index contributed by atoms with van der Waals surface area (Å²) in [6.07, 6.45) is 0. The molecule has 146 valence electrons. The highest BCUT2D eigenvalue weighted by atomic mass is 127. The van der Waals surface area contributed by atoms with Gasteiger partial charge in [0.2, 0.25) is 0 Å². The molecule has 4 N–H and O–H groups in total. The van der Waals surface area contributed by atoms with E-state index in [1.807, 2.05) is 63.2 Å². The predicted molar refractivity (Wildman–Crippen MR) is 121 cm³/mol. The molecule has 0 aliphatic carbocycles. The Kier molecular flexibility index (Phi) is 8.55. The highest BCUT2D eigenvalue weighted by molar-refractivity contribution is 14.0. The number of ether oxygens (including phenoxy) is 1. The molecule has 0 unspecified atom stereocenters. The molecule has 0 aromatic heterocycles. The van der Waals surface area contributed by atoms with Crippen LogP contribution >= 0.6 is 24.0 Å². The van der Waals surface area contributed by atoms with Crippen LogP contribution in [-0.2, 0) is 6.54 Å². The molecule has 6 nitrogen and oxygen atoms in total. The van der Waals surface area contributed by atoms with Crippen molar-refractivity contribution in [1.82, 2.24) is 5.32 Å². The Morgan fingerprint density at radius 2 is 1.85 bits per heavy atom. The van der Waals surface area contributed by atoms with Crippen LogP contribution in [0.15, 0.2) is 53.5 Å². The highest BCUT2D eigenvalue weighted by Gasteiger charge is 2.15. The maximum absolute atomic E-state index is 12.3. The van der Waals surface area contributed by atoms with Crippen LogP contribution in [0.2, 0.25) is 0 Å². The number of amides is 1. The number of hydrogen-bond donors (Lipinski definition) is 3. The normalized spacial score (nSPS) is 11.3. The lowest BCUT2D eigenvalue weighted by Gasteiger charge is -2.20. The second-order valence-corrected chi connectivity index (χ2v) is 6.96. The Balaban J connectivity index is 0.00000364. The fourth-order valence-corrected chi connectivity index (χ4v) is 2.29. The summed E-state index contributed by atoms with van der Waals surface area (Å²) in [5.74, 6) is 0.925. The molecule has 0 aliphatic rings. The number of aliphatic imine (C=N–C) groups is 1. The zero-order valence-electron chi connectivity index (χ0n) is 16.1. The molecule has 0 saturated carbocycles. The van der Waals surface area contributed by atoms with Gasteiger partial charge in [-0.25, -0.2) is 4.99 Å². The molecular formula is C20H27IN4O2. The number of nitrogens with two attached hydrogens (primary N) is 1. The SMILES string of the molecule is COc1cccc(NC(N)=NCc2cccc(C(=O)NC(C)(C)C)c2)c1.I. The molecule has 2 aromatic rings. The van der Waals surface area contributed by atoms with Crippen molar-refractivity contribution in [1.29, 1.82) is 0 Å². The van der Waals surface area contributed by atoms with Crippen LogP contribution in [-0.4, -0.2) is 24.5 Å².